The molecule has 8 heteroatoms. The van der Waals surface area contributed by atoms with Gasteiger partial charge in [0.2, 0.25) is 11.8 Å². The van der Waals surface area contributed by atoms with Crippen molar-refractivity contribution in [1.29, 1.82) is 0 Å². The Morgan fingerprint density at radius 3 is 2.14 bits per heavy atom. The van der Waals surface area contributed by atoms with Gasteiger partial charge in [-0.3, -0.25) is 9.59 Å². The van der Waals surface area contributed by atoms with Crippen LogP contribution in [0.5, 0.6) is 0 Å². The summed E-state index contributed by atoms with van der Waals surface area (Å²) in [6.07, 6.45) is 1.76. The number of carbonyl (C=O) groups is 3. The topological polar surface area (TPSA) is 131 Å². The SMILES string of the molecule is CCCC(C)(C)CC(NC(=O)OC(C)(C)C)C(=O)NC1(C(O)C(N)=O)CCC1. The summed E-state index contributed by atoms with van der Waals surface area (Å²) in [5.74, 6) is -1.32. The molecule has 0 radical (unpaired) electrons. The monoisotopic (exact) mass is 399 g/mol. The number of amides is 3. The molecule has 0 aromatic rings. The Labute approximate surface area is 167 Å². The van der Waals surface area contributed by atoms with Crippen molar-refractivity contribution >= 4 is 17.9 Å². The smallest absolute Gasteiger partial charge is 0.408 e. The van der Waals surface area contributed by atoms with Gasteiger partial charge in [0.05, 0.1) is 5.54 Å². The fraction of sp³-hybridized carbons (Fsp3) is 0.850. The van der Waals surface area contributed by atoms with Crippen molar-refractivity contribution in [3.05, 3.63) is 0 Å². The van der Waals surface area contributed by atoms with Crippen LogP contribution >= 0.6 is 0 Å². The molecule has 2 atom stereocenters. The zero-order chi connectivity index (χ0) is 21.8. The summed E-state index contributed by atoms with van der Waals surface area (Å²) in [6, 6.07) is -0.853. The second-order valence-corrected chi connectivity index (χ2v) is 9.62. The summed E-state index contributed by atoms with van der Waals surface area (Å²) in [4.78, 5) is 36.8. The van der Waals surface area contributed by atoms with E-state index in [1.165, 1.54) is 0 Å². The summed E-state index contributed by atoms with van der Waals surface area (Å²) in [5, 5.41) is 15.6. The number of rotatable bonds is 9. The standard InChI is InChI=1S/C20H37N3O5/c1-7-9-19(5,6)12-13(22-17(27)28-18(2,3)4)16(26)23-20(10-8-11-20)14(24)15(21)25/h13-14,24H,7-12H2,1-6H3,(H2,21,25)(H,22,27)(H,23,26). The van der Waals surface area contributed by atoms with Gasteiger partial charge in [-0.2, -0.15) is 0 Å². The van der Waals surface area contributed by atoms with Gasteiger partial charge >= 0.3 is 6.09 Å². The molecule has 28 heavy (non-hydrogen) atoms. The Hall–Kier alpha value is -1.83. The third-order valence-corrected chi connectivity index (χ3v) is 5.10. The van der Waals surface area contributed by atoms with Crippen molar-refractivity contribution in [2.75, 3.05) is 0 Å². The third-order valence-electron chi connectivity index (χ3n) is 5.10. The number of nitrogens with one attached hydrogen (secondary N) is 2. The quantitative estimate of drug-likeness (QED) is 0.471. The van der Waals surface area contributed by atoms with Crippen LogP contribution in [0.2, 0.25) is 0 Å². The van der Waals surface area contributed by atoms with Crippen LogP contribution < -0.4 is 16.4 Å². The number of nitrogens with two attached hydrogens (primary N) is 1. The number of hydrogen-bond donors (Lipinski definition) is 4. The van der Waals surface area contributed by atoms with Gasteiger partial charge in [-0.05, 0) is 58.3 Å². The van der Waals surface area contributed by atoms with E-state index in [9.17, 15) is 19.5 Å². The summed E-state index contributed by atoms with van der Waals surface area (Å²) >= 11 is 0. The van der Waals surface area contributed by atoms with E-state index < -0.39 is 41.2 Å². The first-order valence-corrected chi connectivity index (χ1v) is 10.0. The average Bonchev–Trinajstić information content (AvgIpc) is 2.46. The van der Waals surface area contributed by atoms with E-state index in [1.54, 1.807) is 20.8 Å². The highest BCUT2D eigenvalue weighted by Crippen LogP contribution is 2.36. The maximum atomic E-state index is 13.0. The summed E-state index contributed by atoms with van der Waals surface area (Å²) in [5.41, 5.74) is 3.29. The van der Waals surface area contributed by atoms with Gasteiger partial charge in [0.25, 0.3) is 0 Å². The van der Waals surface area contributed by atoms with E-state index in [2.05, 4.69) is 17.6 Å². The molecular formula is C20H37N3O5. The van der Waals surface area contributed by atoms with Gasteiger partial charge in [-0.15, -0.1) is 0 Å². The molecule has 1 aliphatic carbocycles. The highest BCUT2D eigenvalue weighted by atomic mass is 16.6. The van der Waals surface area contributed by atoms with Crippen LogP contribution in [-0.4, -0.2) is 46.3 Å². The molecule has 0 spiro atoms. The Morgan fingerprint density at radius 2 is 1.75 bits per heavy atom. The molecule has 1 fully saturated rings. The van der Waals surface area contributed by atoms with Crippen molar-refractivity contribution in [1.82, 2.24) is 10.6 Å². The van der Waals surface area contributed by atoms with Gasteiger partial charge in [-0.1, -0.05) is 27.2 Å². The van der Waals surface area contributed by atoms with E-state index in [0.29, 0.717) is 19.3 Å². The lowest BCUT2D eigenvalue weighted by Gasteiger charge is -2.45. The van der Waals surface area contributed by atoms with Crippen molar-refractivity contribution in [2.24, 2.45) is 11.1 Å². The number of ether oxygens (including phenoxy) is 1. The first kappa shape index (κ1) is 24.2. The zero-order valence-electron chi connectivity index (χ0n) is 18.1. The average molecular weight is 400 g/mol. The normalized spacial score (nSPS) is 18.4. The molecule has 5 N–H and O–H groups in total. The third kappa shape index (κ3) is 6.96. The van der Waals surface area contributed by atoms with Crippen molar-refractivity contribution < 1.29 is 24.2 Å². The van der Waals surface area contributed by atoms with Crippen LogP contribution in [-0.2, 0) is 14.3 Å². The fourth-order valence-corrected chi connectivity index (χ4v) is 3.62. The molecule has 0 aromatic heterocycles. The molecule has 3 amide bonds. The van der Waals surface area contributed by atoms with Crippen LogP contribution in [0.1, 0.15) is 80.1 Å². The van der Waals surface area contributed by atoms with Gasteiger partial charge in [0.1, 0.15) is 11.6 Å². The fourth-order valence-electron chi connectivity index (χ4n) is 3.62. The number of aliphatic hydroxyl groups is 1. The predicted molar refractivity (Wildman–Crippen MR) is 106 cm³/mol. The van der Waals surface area contributed by atoms with Crippen LogP contribution in [0.15, 0.2) is 0 Å². The minimum atomic E-state index is -1.46. The van der Waals surface area contributed by atoms with E-state index in [-0.39, 0.29) is 5.41 Å². The molecule has 0 aliphatic heterocycles. The van der Waals surface area contributed by atoms with Gasteiger partial charge < -0.3 is 26.2 Å². The molecule has 2 unspecified atom stereocenters. The van der Waals surface area contributed by atoms with E-state index in [0.717, 1.165) is 19.3 Å². The first-order valence-electron chi connectivity index (χ1n) is 10.0. The maximum Gasteiger partial charge on any atom is 0.408 e. The van der Waals surface area contributed by atoms with E-state index in [1.807, 2.05) is 13.8 Å². The number of aliphatic hydroxyl groups excluding tert-OH is 1. The molecule has 1 rings (SSSR count). The Bertz CT molecular complexity index is 579. The van der Waals surface area contributed by atoms with Crippen molar-refractivity contribution in [2.45, 2.75) is 103 Å². The Kier molecular flexibility index (Phi) is 7.88. The number of alkyl carbamates (subject to hydrolysis) is 1. The lowest BCUT2D eigenvalue weighted by Crippen LogP contribution is -2.67. The van der Waals surface area contributed by atoms with E-state index >= 15 is 0 Å². The Morgan fingerprint density at radius 1 is 1.18 bits per heavy atom. The number of hydrogen-bond acceptors (Lipinski definition) is 5. The second kappa shape index (κ2) is 9.11. The first-order chi connectivity index (χ1) is 12.7. The van der Waals surface area contributed by atoms with Crippen LogP contribution in [0, 0.1) is 5.41 Å². The summed E-state index contributed by atoms with van der Waals surface area (Å²) in [6.45, 7) is 11.4. The predicted octanol–water partition coefficient (Wildman–Crippen LogP) is 1.98. The minimum absolute atomic E-state index is 0.194. The maximum absolute atomic E-state index is 13.0. The number of carbonyl (C=O) groups excluding carboxylic acids is 3. The second-order valence-electron chi connectivity index (χ2n) is 9.62. The molecular weight excluding hydrogens is 362 g/mol. The highest BCUT2D eigenvalue weighted by molar-refractivity contribution is 5.88. The van der Waals surface area contributed by atoms with Crippen LogP contribution in [0.25, 0.3) is 0 Å². The molecule has 0 bridgehead atoms. The molecule has 1 aliphatic rings. The van der Waals surface area contributed by atoms with Gasteiger partial charge in [0, 0.05) is 0 Å². The summed E-state index contributed by atoms with van der Waals surface area (Å²) < 4.78 is 5.30. The molecule has 8 nitrogen and oxygen atoms in total. The Balaban J connectivity index is 2.97. The molecule has 0 aromatic carbocycles. The molecule has 1 saturated carbocycles. The highest BCUT2D eigenvalue weighted by Gasteiger charge is 2.48. The largest absolute Gasteiger partial charge is 0.444 e. The lowest BCUT2D eigenvalue weighted by atomic mass is 9.72. The van der Waals surface area contributed by atoms with Crippen molar-refractivity contribution in [3.63, 3.8) is 0 Å². The van der Waals surface area contributed by atoms with Crippen molar-refractivity contribution in [3.8, 4) is 0 Å². The van der Waals surface area contributed by atoms with Gasteiger partial charge in [-0.25, -0.2) is 4.79 Å². The molecule has 0 saturated heterocycles. The van der Waals surface area contributed by atoms with Gasteiger partial charge in [0.15, 0.2) is 6.10 Å². The number of primary amides is 1. The molecule has 162 valence electrons. The molecule has 0 heterocycles. The zero-order valence-corrected chi connectivity index (χ0v) is 18.1. The summed E-state index contributed by atoms with van der Waals surface area (Å²) in [7, 11) is 0. The lowest BCUT2D eigenvalue weighted by molar-refractivity contribution is -0.138. The van der Waals surface area contributed by atoms with Crippen LogP contribution in [0.4, 0.5) is 4.79 Å². The van der Waals surface area contributed by atoms with Crippen LogP contribution in [0.3, 0.4) is 0 Å². The minimum Gasteiger partial charge on any atom is -0.444 e. The van der Waals surface area contributed by atoms with E-state index in [4.69, 9.17) is 10.5 Å².